The summed E-state index contributed by atoms with van der Waals surface area (Å²) < 4.78 is 5.65. The van der Waals surface area contributed by atoms with Gasteiger partial charge in [0.1, 0.15) is 0 Å². The minimum atomic E-state index is -0.697. The number of aldehydes is 1. The van der Waals surface area contributed by atoms with Crippen LogP contribution in [0.1, 0.15) is 11.1 Å². The first kappa shape index (κ1) is 12.7. The maximum atomic E-state index is 11.1. The van der Waals surface area contributed by atoms with Gasteiger partial charge >= 0.3 is 0 Å². The molecule has 1 unspecified atom stereocenters. The van der Waals surface area contributed by atoms with E-state index in [1.807, 2.05) is 24.3 Å². The Morgan fingerprint density at radius 2 is 1.32 bits per heavy atom. The van der Waals surface area contributed by atoms with Gasteiger partial charge in [-0.05, 0) is 35.4 Å². The van der Waals surface area contributed by atoms with E-state index in [2.05, 4.69) is 0 Å². The van der Waals surface area contributed by atoms with Crippen LogP contribution in [0.4, 0.5) is 0 Å². The van der Waals surface area contributed by atoms with Crippen molar-refractivity contribution in [1.82, 2.24) is 0 Å². The van der Waals surface area contributed by atoms with Crippen LogP contribution in [0.15, 0.2) is 48.5 Å². The van der Waals surface area contributed by atoms with Gasteiger partial charge in [0.2, 0.25) is 0 Å². The van der Waals surface area contributed by atoms with Crippen molar-refractivity contribution in [2.75, 3.05) is 0 Å². The molecule has 1 aliphatic rings. The van der Waals surface area contributed by atoms with Gasteiger partial charge in [-0.25, -0.2) is 0 Å². The van der Waals surface area contributed by atoms with E-state index in [1.165, 1.54) is 0 Å². The smallest absolute Gasteiger partial charge is 0.152 e. The maximum Gasteiger partial charge on any atom is 0.152 e. The fourth-order valence-corrected chi connectivity index (χ4v) is 2.57. The number of carbonyl (C=O) groups excluding carboxylic acids is 1. The highest BCUT2D eigenvalue weighted by Gasteiger charge is 2.59. The molecule has 4 heteroatoms. The molecule has 3 rings (SSSR count). The fraction of sp³-hybridized carbons (Fsp3) is 0.133. The topological polar surface area (TPSA) is 29.6 Å². The van der Waals surface area contributed by atoms with Crippen LogP contribution in [0.3, 0.4) is 0 Å². The van der Waals surface area contributed by atoms with Crippen molar-refractivity contribution >= 4 is 29.5 Å². The van der Waals surface area contributed by atoms with Gasteiger partial charge in [-0.3, -0.25) is 0 Å². The van der Waals surface area contributed by atoms with Crippen molar-refractivity contribution in [2.24, 2.45) is 0 Å². The second kappa shape index (κ2) is 4.64. The molecule has 1 aliphatic heterocycles. The Balaban J connectivity index is 2.08. The van der Waals surface area contributed by atoms with Crippen LogP contribution in [0.2, 0.25) is 10.0 Å². The molecule has 0 aromatic heterocycles. The normalized spacial score (nSPS) is 20.0. The van der Waals surface area contributed by atoms with Crippen LogP contribution in [-0.2, 0) is 15.1 Å². The molecular formula is C15H10Cl2O2. The average molecular weight is 293 g/mol. The van der Waals surface area contributed by atoms with E-state index in [-0.39, 0.29) is 0 Å². The Bertz CT molecular complexity index is 560. The quantitative estimate of drug-likeness (QED) is 0.635. The van der Waals surface area contributed by atoms with E-state index in [4.69, 9.17) is 27.9 Å². The molecule has 0 spiro atoms. The molecule has 19 heavy (non-hydrogen) atoms. The molecule has 0 saturated carbocycles. The number of rotatable bonds is 3. The fourth-order valence-electron chi connectivity index (χ4n) is 2.32. The molecule has 2 aromatic carbocycles. The lowest BCUT2D eigenvalue weighted by Gasteiger charge is -2.13. The van der Waals surface area contributed by atoms with E-state index in [0.717, 1.165) is 17.4 Å². The van der Waals surface area contributed by atoms with Gasteiger partial charge in [0.15, 0.2) is 18.0 Å². The van der Waals surface area contributed by atoms with Crippen molar-refractivity contribution in [3.8, 4) is 0 Å². The zero-order valence-corrected chi connectivity index (χ0v) is 11.4. The first-order valence-corrected chi connectivity index (χ1v) is 6.57. The van der Waals surface area contributed by atoms with Gasteiger partial charge in [0.05, 0.1) is 0 Å². The predicted octanol–water partition coefficient (Wildman–Crippen LogP) is 3.83. The molecule has 0 N–H and O–H groups in total. The van der Waals surface area contributed by atoms with Gasteiger partial charge in [-0.1, -0.05) is 47.5 Å². The van der Waals surface area contributed by atoms with Crippen LogP contribution < -0.4 is 0 Å². The maximum absolute atomic E-state index is 11.1. The van der Waals surface area contributed by atoms with Gasteiger partial charge < -0.3 is 9.53 Å². The molecule has 0 bridgehead atoms. The predicted molar refractivity (Wildman–Crippen MR) is 74.6 cm³/mol. The third kappa shape index (κ3) is 2.06. The Morgan fingerprint density at radius 3 is 1.63 bits per heavy atom. The molecule has 1 heterocycles. The number of ether oxygens (including phenoxy) is 1. The van der Waals surface area contributed by atoms with E-state index >= 15 is 0 Å². The summed E-state index contributed by atoms with van der Waals surface area (Å²) in [6, 6.07) is 14.7. The second-order valence-corrected chi connectivity index (χ2v) is 5.30. The lowest BCUT2D eigenvalue weighted by atomic mass is 9.88. The minimum absolute atomic E-state index is 0.463. The lowest BCUT2D eigenvalue weighted by molar-refractivity contribution is -0.108. The van der Waals surface area contributed by atoms with E-state index in [0.29, 0.717) is 10.0 Å². The summed E-state index contributed by atoms with van der Waals surface area (Å²) >= 11 is 11.8. The molecule has 1 saturated heterocycles. The number of carbonyl (C=O) groups is 1. The third-order valence-corrected chi connectivity index (χ3v) is 3.83. The van der Waals surface area contributed by atoms with Crippen LogP contribution in [0.5, 0.6) is 0 Å². The summed E-state index contributed by atoms with van der Waals surface area (Å²) in [5.41, 5.74) is 1.13. The van der Waals surface area contributed by atoms with E-state index in [9.17, 15) is 4.79 Å². The summed E-state index contributed by atoms with van der Waals surface area (Å²) in [7, 11) is 0. The number of halogens is 2. The molecule has 1 atom stereocenters. The Kier molecular flexibility index (Phi) is 3.09. The highest BCUT2D eigenvalue weighted by molar-refractivity contribution is 6.30. The number of epoxide rings is 1. The molecular weight excluding hydrogens is 283 g/mol. The van der Waals surface area contributed by atoms with Crippen molar-refractivity contribution < 1.29 is 9.53 Å². The van der Waals surface area contributed by atoms with Crippen molar-refractivity contribution in [2.45, 2.75) is 11.7 Å². The highest BCUT2D eigenvalue weighted by atomic mass is 35.5. The second-order valence-electron chi connectivity index (χ2n) is 4.42. The molecule has 2 aromatic rings. The first-order valence-electron chi connectivity index (χ1n) is 5.82. The number of hydrogen-bond donors (Lipinski definition) is 0. The van der Waals surface area contributed by atoms with Crippen LogP contribution in [0.25, 0.3) is 0 Å². The zero-order valence-electron chi connectivity index (χ0n) is 9.85. The van der Waals surface area contributed by atoms with Crippen LogP contribution in [0, 0.1) is 0 Å². The van der Waals surface area contributed by atoms with Crippen molar-refractivity contribution in [3.63, 3.8) is 0 Å². The standard InChI is InChI=1S/C15H10Cl2O2/c16-12-5-1-10(2-6-12)15(14(9-18)19-15)11-3-7-13(17)8-4-11/h1-9,14H. The Labute approximate surface area is 120 Å². The summed E-state index contributed by atoms with van der Waals surface area (Å²) in [6.07, 6.45) is 0.360. The summed E-state index contributed by atoms with van der Waals surface area (Å²) in [5.74, 6) is 0. The minimum Gasteiger partial charge on any atom is -0.348 e. The Hall–Kier alpha value is -1.35. The molecule has 1 fully saturated rings. The molecule has 0 radical (unpaired) electrons. The van der Waals surface area contributed by atoms with Crippen molar-refractivity contribution in [1.29, 1.82) is 0 Å². The molecule has 2 nitrogen and oxygen atoms in total. The monoisotopic (exact) mass is 292 g/mol. The van der Waals surface area contributed by atoms with E-state index < -0.39 is 11.7 Å². The van der Waals surface area contributed by atoms with E-state index in [1.54, 1.807) is 24.3 Å². The average Bonchev–Trinajstić information content (AvgIpc) is 3.16. The highest BCUT2D eigenvalue weighted by Crippen LogP contribution is 2.51. The van der Waals surface area contributed by atoms with Gasteiger partial charge in [0.25, 0.3) is 0 Å². The molecule has 96 valence electrons. The van der Waals surface area contributed by atoms with Crippen molar-refractivity contribution in [3.05, 3.63) is 69.7 Å². The van der Waals surface area contributed by atoms with Crippen LogP contribution in [-0.4, -0.2) is 12.4 Å². The van der Waals surface area contributed by atoms with Gasteiger partial charge in [-0.2, -0.15) is 0 Å². The third-order valence-electron chi connectivity index (χ3n) is 3.33. The largest absolute Gasteiger partial charge is 0.348 e. The number of benzene rings is 2. The summed E-state index contributed by atoms with van der Waals surface area (Å²) in [4.78, 5) is 11.1. The first-order chi connectivity index (χ1) is 9.16. The SMILES string of the molecule is O=CC1OC1(c1ccc(Cl)cc1)c1ccc(Cl)cc1. The van der Waals surface area contributed by atoms with Crippen LogP contribution >= 0.6 is 23.2 Å². The Morgan fingerprint density at radius 1 is 0.895 bits per heavy atom. The summed E-state index contributed by atoms with van der Waals surface area (Å²) in [6.45, 7) is 0. The zero-order chi connectivity index (χ0) is 13.5. The molecule has 0 amide bonds. The number of hydrogen-bond acceptors (Lipinski definition) is 2. The molecule has 0 aliphatic carbocycles. The lowest BCUT2D eigenvalue weighted by Crippen LogP contribution is -2.15. The van der Waals surface area contributed by atoms with Gasteiger partial charge in [0, 0.05) is 10.0 Å². The van der Waals surface area contributed by atoms with Gasteiger partial charge in [-0.15, -0.1) is 0 Å². The summed E-state index contributed by atoms with van der Waals surface area (Å²) in [5, 5.41) is 1.30.